The van der Waals surface area contributed by atoms with Crippen LogP contribution in [0.5, 0.6) is 5.75 Å². The van der Waals surface area contributed by atoms with Gasteiger partial charge in [-0.15, -0.1) is 0 Å². The minimum atomic E-state index is -1.34. The zero-order chi connectivity index (χ0) is 27.3. The first kappa shape index (κ1) is 24.9. The van der Waals surface area contributed by atoms with Crippen molar-refractivity contribution in [2.45, 2.75) is 17.8 Å². The number of allylic oxidation sites excluding steroid dienone is 3. The molecule has 0 bridgehead atoms. The van der Waals surface area contributed by atoms with Crippen molar-refractivity contribution in [2.24, 2.45) is 5.92 Å². The molecule has 0 spiro atoms. The van der Waals surface area contributed by atoms with E-state index < -0.39 is 29.0 Å². The average molecular weight is 539 g/mol. The lowest BCUT2D eigenvalue weighted by molar-refractivity contribution is -0.138. The fraction of sp³-hybridized carbons (Fsp3) is 0.125. The number of imide groups is 1. The Labute approximate surface area is 229 Å². The minimum Gasteiger partial charge on any atom is -0.507 e. The smallest absolute Gasteiger partial charge is 0.260 e. The highest BCUT2D eigenvalue weighted by molar-refractivity contribution is 6.30. The van der Waals surface area contributed by atoms with Gasteiger partial charge in [0, 0.05) is 16.3 Å². The molecule has 7 heteroatoms. The van der Waals surface area contributed by atoms with Crippen LogP contribution in [0.25, 0.3) is 10.8 Å². The Kier molecular flexibility index (Phi) is 6.00. The number of hydrazine groups is 1. The molecule has 4 aromatic rings. The number of anilines is 1. The molecule has 5 nitrogen and oxygen atoms in total. The number of phenolic OH excluding ortho intramolecular Hbond substituents is 1. The number of fused-ring (bicyclic) bond motifs is 2. The molecule has 1 aliphatic heterocycles. The molecular weight excluding hydrogens is 515 g/mol. The van der Waals surface area contributed by atoms with Gasteiger partial charge in [0.15, 0.2) is 0 Å². The third-order valence-corrected chi connectivity index (χ3v) is 8.14. The molecule has 3 unspecified atom stereocenters. The van der Waals surface area contributed by atoms with Gasteiger partial charge in [-0.1, -0.05) is 72.8 Å². The van der Waals surface area contributed by atoms with Gasteiger partial charge in [-0.25, -0.2) is 4.39 Å². The molecular formula is C32H24ClFN2O3. The maximum Gasteiger partial charge on any atom is 0.260 e. The Morgan fingerprint density at radius 3 is 2.36 bits per heavy atom. The summed E-state index contributed by atoms with van der Waals surface area (Å²) in [6.07, 6.45) is 4.02. The molecule has 2 aliphatic rings. The van der Waals surface area contributed by atoms with E-state index in [1.807, 2.05) is 36.4 Å². The Hall–Kier alpha value is -4.42. The van der Waals surface area contributed by atoms with Crippen LogP contribution in [0.15, 0.2) is 109 Å². The molecule has 0 radical (unpaired) electrons. The van der Waals surface area contributed by atoms with Crippen LogP contribution in [0.4, 0.5) is 10.1 Å². The van der Waals surface area contributed by atoms with Crippen molar-refractivity contribution >= 4 is 39.9 Å². The molecule has 1 fully saturated rings. The number of benzene rings is 4. The maximum absolute atomic E-state index is 14.7. The summed E-state index contributed by atoms with van der Waals surface area (Å²) in [6, 6.07) is 23.4. The van der Waals surface area contributed by atoms with Gasteiger partial charge in [0.2, 0.25) is 0 Å². The topological polar surface area (TPSA) is 69.6 Å². The van der Waals surface area contributed by atoms with E-state index in [2.05, 4.69) is 12.0 Å². The van der Waals surface area contributed by atoms with Gasteiger partial charge in [-0.05, 0) is 71.0 Å². The first-order chi connectivity index (χ1) is 18.9. The van der Waals surface area contributed by atoms with Crippen LogP contribution >= 0.6 is 11.6 Å². The van der Waals surface area contributed by atoms with Crippen molar-refractivity contribution < 1.29 is 19.1 Å². The number of aromatic hydroxyl groups is 1. The summed E-state index contributed by atoms with van der Waals surface area (Å²) in [5, 5.41) is 13.6. The number of hydrogen-bond donors (Lipinski definition) is 2. The first-order valence-electron chi connectivity index (χ1n) is 12.6. The largest absolute Gasteiger partial charge is 0.507 e. The van der Waals surface area contributed by atoms with E-state index in [4.69, 9.17) is 11.6 Å². The van der Waals surface area contributed by atoms with E-state index in [-0.39, 0.29) is 11.7 Å². The molecule has 4 aromatic carbocycles. The van der Waals surface area contributed by atoms with Crippen molar-refractivity contribution in [1.29, 1.82) is 0 Å². The van der Waals surface area contributed by atoms with Crippen LogP contribution in [0.2, 0.25) is 5.02 Å². The molecule has 1 saturated heterocycles. The summed E-state index contributed by atoms with van der Waals surface area (Å²) in [5.74, 6) is -2.45. The number of amides is 2. The van der Waals surface area contributed by atoms with E-state index in [0.717, 1.165) is 21.5 Å². The molecule has 2 amide bonds. The number of nitrogens with zero attached hydrogens (tertiary/aromatic N) is 1. The molecule has 2 N–H and O–H groups in total. The van der Waals surface area contributed by atoms with Gasteiger partial charge in [-0.3, -0.25) is 15.0 Å². The SMILES string of the molecule is C=CC1=CCC2C(=O)N(Nc3ccc(F)cc3)C(=O)C2(c2ccc(Cl)cc2)C1c1ccc(O)c2ccccc12. The second-order valence-corrected chi connectivity index (χ2v) is 10.3. The summed E-state index contributed by atoms with van der Waals surface area (Å²) in [7, 11) is 0. The maximum atomic E-state index is 14.7. The standard InChI is InChI=1S/C32H24ClFN2O3/c1-2-19-7-17-27-30(38)36(35-23-14-12-22(34)13-15-23)31(39)32(27,20-8-10-21(33)11-9-20)29(19)26-16-18-28(37)25-6-4-3-5-24(25)26/h2-16,18,27,29,35,37H,1,17H2. The number of rotatable bonds is 5. The monoisotopic (exact) mass is 538 g/mol. The third kappa shape index (κ3) is 3.74. The number of carbonyl (C=O) groups is 2. The van der Waals surface area contributed by atoms with Gasteiger partial charge in [-0.2, -0.15) is 5.01 Å². The zero-order valence-electron chi connectivity index (χ0n) is 20.8. The molecule has 0 saturated carbocycles. The highest BCUT2D eigenvalue weighted by Crippen LogP contribution is 2.58. The van der Waals surface area contributed by atoms with Crippen LogP contribution in [-0.4, -0.2) is 21.9 Å². The predicted octanol–water partition coefficient (Wildman–Crippen LogP) is 6.89. The molecule has 3 atom stereocenters. The first-order valence-corrected chi connectivity index (χ1v) is 12.9. The number of carbonyl (C=O) groups excluding carboxylic acids is 2. The summed E-state index contributed by atoms with van der Waals surface area (Å²) in [5.41, 5.74) is 4.25. The summed E-state index contributed by atoms with van der Waals surface area (Å²) in [4.78, 5) is 28.7. The summed E-state index contributed by atoms with van der Waals surface area (Å²) in [6.45, 7) is 4.05. The molecule has 194 valence electrons. The normalized spacial score (nSPS) is 22.5. The lowest BCUT2D eigenvalue weighted by atomic mass is 9.55. The van der Waals surface area contributed by atoms with Gasteiger partial charge in [0.1, 0.15) is 11.6 Å². The molecule has 6 rings (SSSR count). The van der Waals surface area contributed by atoms with Crippen molar-refractivity contribution in [1.82, 2.24) is 5.01 Å². The second kappa shape index (κ2) is 9.40. The van der Waals surface area contributed by atoms with E-state index in [9.17, 15) is 19.1 Å². The van der Waals surface area contributed by atoms with Crippen LogP contribution in [0.1, 0.15) is 23.5 Å². The number of nitrogens with one attached hydrogen (secondary N) is 1. The van der Waals surface area contributed by atoms with Crippen molar-refractivity contribution in [3.63, 3.8) is 0 Å². The van der Waals surface area contributed by atoms with Crippen molar-refractivity contribution in [2.75, 3.05) is 5.43 Å². The molecule has 0 aromatic heterocycles. The van der Waals surface area contributed by atoms with Crippen LogP contribution in [0.3, 0.4) is 0 Å². The van der Waals surface area contributed by atoms with Crippen LogP contribution < -0.4 is 5.43 Å². The van der Waals surface area contributed by atoms with Gasteiger partial charge < -0.3 is 5.11 Å². The molecule has 39 heavy (non-hydrogen) atoms. The summed E-state index contributed by atoms with van der Waals surface area (Å²) < 4.78 is 13.6. The highest BCUT2D eigenvalue weighted by atomic mass is 35.5. The van der Waals surface area contributed by atoms with Crippen LogP contribution in [0, 0.1) is 11.7 Å². The summed E-state index contributed by atoms with van der Waals surface area (Å²) >= 11 is 6.25. The van der Waals surface area contributed by atoms with E-state index in [1.54, 1.807) is 36.4 Å². The number of hydrogen-bond acceptors (Lipinski definition) is 4. The quantitative estimate of drug-likeness (QED) is 0.271. The van der Waals surface area contributed by atoms with Gasteiger partial charge >= 0.3 is 0 Å². The van der Waals surface area contributed by atoms with Crippen molar-refractivity contribution in [3.8, 4) is 5.75 Å². The van der Waals surface area contributed by atoms with Crippen molar-refractivity contribution in [3.05, 3.63) is 131 Å². The Morgan fingerprint density at radius 1 is 0.974 bits per heavy atom. The van der Waals surface area contributed by atoms with E-state index in [1.165, 1.54) is 24.3 Å². The zero-order valence-corrected chi connectivity index (χ0v) is 21.5. The van der Waals surface area contributed by atoms with Gasteiger partial charge in [0.05, 0.1) is 17.0 Å². The fourth-order valence-corrected chi connectivity index (χ4v) is 6.32. The van der Waals surface area contributed by atoms with Gasteiger partial charge in [0.25, 0.3) is 11.8 Å². The minimum absolute atomic E-state index is 0.125. The lowest BCUT2D eigenvalue weighted by Gasteiger charge is -2.43. The second-order valence-electron chi connectivity index (χ2n) is 9.82. The molecule has 1 heterocycles. The Balaban J connectivity index is 1.62. The van der Waals surface area contributed by atoms with E-state index >= 15 is 0 Å². The highest BCUT2D eigenvalue weighted by Gasteiger charge is 2.66. The number of phenols is 1. The molecule has 1 aliphatic carbocycles. The fourth-order valence-electron chi connectivity index (χ4n) is 6.19. The van der Waals surface area contributed by atoms with E-state index in [0.29, 0.717) is 28.1 Å². The lowest BCUT2D eigenvalue weighted by Crippen LogP contribution is -2.48. The Bertz CT molecular complexity index is 1670. The Morgan fingerprint density at radius 2 is 1.67 bits per heavy atom. The predicted molar refractivity (Wildman–Crippen MR) is 150 cm³/mol. The number of halogens is 2. The average Bonchev–Trinajstić information content (AvgIpc) is 3.17. The third-order valence-electron chi connectivity index (χ3n) is 7.89. The van der Waals surface area contributed by atoms with Crippen LogP contribution in [-0.2, 0) is 15.0 Å².